The molecule has 0 aliphatic heterocycles. The van der Waals surface area contributed by atoms with E-state index in [0.717, 1.165) is 44.2 Å². The topological polar surface area (TPSA) is 62.4 Å². The van der Waals surface area contributed by atoms with E-state index < -0.39 is 29.1 Å². The van der Waals surface area contributed by atoms with Crippen molar-refractivity contribution in [2.24, 2.45) is 0 Å². The molecule has 1 aliphatic rings. The molecule has 1 fully saturated rings. The molecule has 3 rings (SSSR count). The third-order valence-electron chi connectivity index (χ3n) is 5.80. The number of aryl methyl sites for hydroxylation is 1. The van der Waals surface area contributed by atoms with Crippen LogP contribution >= 0.6 is 0 Å². The van der Waals surface area contributed by atoms with Crippen LogP contribution in [-0.2, 0) is 11.3 Å². The Hall–Kier alpha value is -2.70. The molecule has 30 heavy (non-hydrogen) atoms. The predicted molar refractivity (Wildman–Crippen MR) is 109 cm³/mol. The summed E-state index contributed by atoms with van der Waals surface area (Å²) < 4.78 is 33.8. The predicted octanol–water partition coefficient (Wildman–Crippen LogP) is 5.06. The van der Waals surface area contributed by atoms with Crippen LogP contribution in [-0.4, -0.2) is 34.4 Å². The van der Waals surface area contributed by atoms with Gasteiger partial charge in [-0.25, -0.2) is 13.6 Å². The highest BCUT2D eigenvalue weighted by Gasteiger charge is 2.31. The van der Waals surface area contributed by atoms with E-state index in [4.69, 9.17) is 4.74 Å². The monoisotopic (exact) mass is 418 g/mol. The molecule has 1 aliphatic carbocycles. The summed E-state index contributed by atoms with van der Waals surface area (Å²) in [6.45, 7) is 5.70. The average molecular weight is 418 g/mol. The van der Waals surface area contributed by atoms with Gasteiger partial charge in [0.2, 0.25) is 0 Å². The number of amides is 1. The fraction of sp³-hybridized carbons (Fsp3) is 0.478. The van der Waals surface area contributed by atoms with Gasteiger partial charge in [-0.2, -0.15) is 0 Å². The summed E-state index contributed by atoms with van der Waals surface area (Å²) in [5.41, 5.74) is 1.92. The summed E-state index contributed by atoms with van der Waals surface area (Å²) in [5, 5.41) is 0. The lowest BCUT2D eigenvalue weighted by molar-refractivity contribution is 0.0524. The SMILES string of the molecule is CCOC(=O)c1c(C)[nH]c(CN(C(=O)c2c(F)cccc2F)C2CCCCC2)c1C. The van der Waals surface area contributed by atoms with Gasteiger partial charge in [0.25, 0.3) is 5.91 Å². The van der Waals surface area contributed by atoms with Crippen LogP contribution in [0.1, 0.15) is 76.7 Å². The number of carbonyl (C=O) groups excluding carboxylic acids is 2. The largest absolute Gasteiger partial charge is 0.462 e. The highest BCUT2D eigenvalue weighted by atomic mass is 19.1. The van der Waals surface area contributed by atoms with E-state index in [1.54, 1.807) is 25.7 Å². The Bertz CT molecular complexity index is 913. The Morgan fingerprint density at radius 3 is 2.33 bits per heavy atom. The van der Waals surface area contributed by atoms with Crippen molar-refractivity contribution >= 4 is 11.9 Å². The molecule has 1 N–H and O–H groups in total. The lowest BCUT2D eigenvalue weighted by Crippen LogP contribution is -2.42. The van der Waals surface area contributed by atoms with E-state index in [9.17, 15) is 18.4 Å². The number of nitrogens with zero attached hydrogens (tertiary/aromatic N) is 1. The maximum Gasteiger partial charge on any atom is 0.340 e. The van der Waals surface area contributed by atoms with Crippen LogP contribution in [0.25, 0.3) is 0 Å². The molecule has 0 radical (unpaired) electrons. The fourth-order valence-electron chi connectivity index (χ4n) is 4.26. The van der Waals surface area contributed by atoms with Crippen LogP contribution in [0.4, 0.5) is 8.78 Å². The number of aromatic nitrogens is 1. The van der Waals surface area contributed by atoms with Gasteiger partial charge < -0.3 is 14.6 Å². The first kappa shape index (κ1) is 22.0. The van der Waals surface area contributed by atoms with E-state index in [1.165, 1.54) is 6.07 Å². The van der Waals surface area contributed by atoms with E-state index in [2.05, 4.69) is 4.98 Å². The zero-order valence-corrected chi connectivity index (χ0v) is 17.7. The molecule has 0 unspecified atom stereocenters. The molecule has 1 aromatic heterocycles. The molecule has 1 heterocycles. The lowest BCUT2D eigenvalue weighted by Gasteiger charge is -2.34. The van der Waals surface area contributed by atoms with Crippen molar-refractivity contribution in [3.8, 4) is 0 Å². The van der Waals surface area contributed by atoms with Crippen molar-refractivity contribution < 1.29 is 23.1 Å². The van der Waals surface area contributed by atoms with Gasteiger partial charge >= 0.3 is 5.97 Å². The smallest absolute Gasteiger partial charge is 0.340 e. The van der Waals surface area contributed by atoms with Crippen molar-refractivity contribution in [2.45, 2.75) is 65.5 Å². The molecule has 2 aromatic rings. The van der Waals surface area contributed by atoms with Gasteiger partial charge in [0, 0.05) is 17.4 Å². The molecule has 0 bridgehead atoms. The van der Waals surface area contributed by atoms with Gasteiger partial charge in [-0.3, -0.25) is 4.79 Å². The molecule has 0 spiro atoms. The fourth-order valence-corrected chi connectivity index (χ4v) is 4.26. The second kappa shape index (κ2) is 9.41. The Balaban J connectivity index is 1.97. The number of hydrogen-bond donors (Lipinski definition) is 1. The Morgan fingerprint density at radius 1 is 1.10 bits per heavy atom. The molecule has 1 saturated carbocycles. The van der Waals surface area contributed by atoms with Gasteiger partial charge in [-0.1, -0.05) is 25.3 Å². The second-order valence-corrected chi connectivity index (χ2v) is 7.77. The second-order valence-electron chi connectivity index (χ2n) is 7.77. The first-order valence-electron chi connectivity index (χ1n) is 10.4. The Kier molecular flexibility index (Phi) is 6.90. The molecule has 162 valence electrons. The number of halogens is 2. The number of H-pyrrole nitrogens is 1. The van der Waals surface area contributed by atoms with Gasteiger partial charge in [0.1, 0.15) is 17.2 Å². The minimum atomic E-state index is -0.868. The number of ether oxygens (including phenoxy) is 1. The van der Waals surface area contributed by atoms with Gasteiger partial charge in [0.15, 0.2) is 0 Å². The zero-order chi connectivity index (χ0) is 21.8. The van der Waals surface area contributed by atoms with Gasteiger partial charge in [-0.05, 0) is 51.3 Å². The number of esters is 1. The number of rotatable bonds is 6. The summed E-state index contributed by atoms with van der Waals surface area (Å²) in [6, 6.07) is 3.33. The standard InChI is InChI=1S/C23H28F2N2O3/c1-4-30-23(29)20-14(2)19(26-15(20)3)13-27(16-9-6-5-7-10-16)22(28)21-17(24)11-8-12-18(21)25/h8,11-12,16,26H,4-7,9-10,13H2,1-3H3. The molecular weight excluding hydrogens is 390 g/mol. The molecule has 1 amide bonds. The van der Waals surface area contributed by atoms with E-state index >= 15 is 0 Å². The van der Waals surface area contributed by atoms with Crippen molar-refractivity contribution in [2.75, 3.05) is 6.61 Å². The lowest BCUT2D eigenvalue weighted by atomic mass is 9.93. The van der Waals surface area contributed by atoms with Gasteiger partial charge in [-0.15, -0.1) is 0 Å². The van der Waals surface area contributed by atoms with Crippen LogP contribution in [0.3, 0.4) is 0 Å². The van der Waals surface area contributed by atoms with Crippen LogP contribution in [0.5, 0.6) is 0 Å². The highest BCUT2D eigenvalue weighted by Crippen LogP contribution is 2.29. The third kappa shape index (κ3) is 4.40. The van der Waals surface area contributed by atoms with Gasteiger partial charge in [0.05, 0.1) is 18.7 Å². The van der Waals surface area contributed by atoms with Crippen molar-refractivity contribution in [1.29, 1.82) is 0 Å². The quantitative estimate of drug-likeness (QED) is 0.667. The summed E-state index contributed by atoms with van der Waals surface area (Å²) in [6.07, 6.45) is 4.58. The maximum atomic E-state index is 14.3. The summed E-state index contributed by atoms with van der Waals surface area (Å²) in [7, 11) is 0. The van der Waals surface area contributed by atoms with Crippen LogP contribution in [0.2, 0.25) is 0 Å². The van der Waals surface area contributed by atoms with E-state index in [0.29, 0.717) is 22.5 Å². The molecule has 0 saturated heterocycles. The molecule has 0 atom stereocenters. The Morgan fingerprint density at radius 2 is 1.73 bits per heavy atom. The van der Waals surface area contributed by atoms with Crippen LogP contribution in [0, 0.1) is 25.5 Å². The molecular formula is C23H28F2N2O3. The van der Waals surface area contributed by atoms with Crippen molar-refractivity contribution in [3.63, 3.8) is 0 Å². The zero-order valence-electron chi connectivity index (χ0n) is 17.7. The summed E-state index contributed by atoms with van der Waals surface area (Å²) in [4.78, 5) is 30.3. The minimum Gasteiger partial charge on any atom is -0.462 e. The number of hydrogen-bond acceptors (Lipinski definition) is 3. The summed E-state index contributed by atoms with van der Waals surface area (Å²) in [5.74, 6) is -2.83. The normalized spacial score (nSPS) is 14.6. The minimum absolute atomic E-state index is 0.112. The van der Waals surface area contributed by atoms with E-state index in [1.807, 2.05) is 0 Å². The number of nitrogens with one attached hydrogen (secondary N) is 1. The number of benzene rings is 1. The number of aromatic amines is 1. The van der Waals surface area contributed by atoms with Crippen LogP contribution in [0.15, 0.2) is 18.2 Å². The maximum absolute atomic E-state index is 14.3. The van der Waals surface area contributed by atoms with Crippen molar-refractivity contribution in [1.82, 2.24) is 9.88 Å². The molecule has 7 heteroatoms. The third-order valence-corrected chi connectivity index (χ3v) is 5.80. The average Bonchev–Trinajstić information content (AvgIpc) is 2.99. The number of carbonyl (C=O) groups is 2. The first-order chi connectivity index (χ1) is 14.3. The first-order valence-corrected chi connectivity index (χ1v) is 10.4. The highest BCUT2D eigenvalue weighted by molar-refractivity contribution is 5.95. The molecule has 5 nitrogen and oxygen atoms in total. The van der Waals surface area contributed by atoms with Crippen molar-refractivity contribution in [3.05, 3.63) is 57.9 Å². The molecule has 1 aromatic carbocycles. The van der Waals surface area contributed by atoms with E-state index in [-0.39, 0.29) is 19.2 Å². The summed E-state index contributed by atoms with van der Waals surface area (Å²) >= 11 is 0. The van der Waals surface area contributed by atoms with Crippen LogP contribution < -0.4 is 0 Å². The Labute approximate surface area is 175 Å².